The van der Waals surface area contributed by atoms with E-state index in [2.05, 4.69) is 41.5 Å². The molecule has 4 aromatic carbocycles. The van der Waals surface area contributed by atoms with Gasteiger partial charge in [-0.1, -0.05) is 38.1 Å². The van der Waals surface area contributed by atoms with E-state index < -0.39 is 4.92 Å². The Morgan fingerprint density at radius 3 is 2.49 bits per heavy atom. The van der Waals surface area contributed by atoms with Gasteiger partial charge in [0.25, 0.3) is 11.2 Å². The van der Waals surface area contributed by atoms with Crippen molar-refractivity contribution in [2.75, 3.05) is 14.2 Å². The third kappa shape index (κ3) is 6.68. The maximum atomic E-state index is 13.8. The molecular weight excluding hydrogens is 687 g/mol. The fourth-order valence-corrected chi connectivity index (χ4v) is 5.75. The lowest BCUT2D eigenvalue weighted by Crippen LogP contribution is -2.21. The number of hydrogen-bond donors (Lipinski definition) is 0. The molecule has 5 rings (SSSR count). The number of hydrogen-bond acceptors (Lipinski definition) is 8. The van der Waals surface area contributed by atoms with Crippen LogP contribution in [0.3, 0.4) is 0 Å². The van der Waals surface area contributed by atoms with E-state index in [-0.39, 0.29) is 23.8 Å². The summed E-state index contributed by atoms with van der Waals surface area (Å²) >= 11 is 2.14. The molecule has 1 heterocycles. The second-order valence-corrected chi connectivity index (χ2v) is 11.8. The topological polar surface area (TPSA) is 118 Å². The maximum Gasteiger partial charge on any atom is 0.282 e. The quantitative estimate of drug-likeness (QED) is 0.0636. The molecule has 0 atom stereocenters. The summed E-state index contributed by atoms with van der Waals surface area (Å²) in [6.07, 6.45) is 1.58. The van der Waals surface area contributed by atoms with Gasteiger partial charge < -0.3 is 14.2 Å². The lowest BCUT2D eigenvalue weighted by Gasteiger charge is -2.17. The third-order valence-corrected chi connectivity index (χ3v) is 8.07. The van der Waals surface area contributed by atoms with Gasteiger partial charge >= 0.3 is 0 Å². The first-order valence-corrected chi connectivity index (χ1v) is 15.2. The van der Waals surface area contributed by atoms with Gasteiger partial charge in [-0.3, -0.25) is 14.9 Å². The molecule has 0 saturated carbocycles. The molecule has 0 radical (unpaired) electrons. The zero-order valence-corrected chi connectivity index (χ0v) is 27.6. The minimum atomic E-state index is -0.442. The molecule has 11 heteroatoms. The molecule has 45 heavy (non-hydrogen) atoms. The van der Waals surface area contributed by atoms with Crippen LogP contribution in [0.4, 0.5) is 5.69 Å². The molecular formula is C34H31IN4O6. The molecule has 10 nitrogen and oxygen atoms in total. The van der Waals surface area contributed by atoms with Crippen molar-refractivity contribution in [2.24, 2.45) is 5.10 Å². The summed E-state index contributed by atoms with van der Waals surface area (Å²) in [6.45, 7) is 6.24. The minimum absolute atomic E-state index is 0.00706. The monoisotopic (exact) mass is 718 g/mol. The molecule has 0 aliphatic heterocycles. The molecule has 1 aromatic heterocycles. The Morgan fingerprint density at radius 1 is 1.02 bits per heavy atom. The number of nitrogens with zero attached hydrogens (tertiary/aromatic N) is 4. The van der Waals surface area contributed by atoms with E-state index in [1.807, 2.05) is 37.3 Å². The van der Waals surface area contributed by atoms with Crippen molar-refractivity contribution in [1.82, 2.24) is 9.66 Å². The van der Waals surface area contributed by atoms with Gasteiger partial charge in [0.2, 0.25) is 0 Å². The maximum absolute atomic E-state index is 13.8. The van der Waals surface area contributed by atoms with Crippen LogP contribution in [0.1, 0.15) is 42.0 Å². The molecule has 0 bridgehead atoms. The van der Waals surface area contributed by atoms with Crippen LogP contribution in [0.5, 0.6) is 17.2 Å². The van der Waals surface area contributed by atoms with Gasteiger partial charge in [0.05, 0.1) is 39.8 Å². The number of ether oxygens (including phenoxy) is 3. The smallest absolute Gasteiger partial charge is 0.282 e. The van der Waals surface area contributed by atoms with Crippen LogP contribution >= 0.6 is 22.6 Å². The summed E-state index contributed by atoms with van der Waals surface area (Å²) in [5.41, 5.74) is 4.25. The SMILES string of the molecule is COc1cc(C)c(-c2nc3ccccc3c(=O)n2N=Cc2cc(I)c(OCc3cccc([N+](=O)[O-])c3)c(OC)c2)cc1C(C)C. The van der Waals surface area contributed by atoms with Crippen LogP contribution in [0.2, 0.25) is 0 Å². The van der Waals surface area contributed by atoms with Crippen molar-refractivity contribution in [2.45, 2.75) is 33.3 Å². The van der Waals surface area contributed by atoms with Gasteiger partial charge in [-0.2, -0.15) is 9.78 Å². The first kappa shape index (κ1) is 31.6. The van der Waals surface area contributed by atoms with Crippen LogP contribution in [0, 0.1) is 20.6 Å². The Labute approximate surface area is 273 Å². The number of nitro groups is 1. The van der Waals surface area contributed by atoms with Crippen LogP contribution in [-0.2, 0) is 6.61 Å². The fraction of sp³-hybridized carbons (Fsp3) is 0.206. The lowest BCUT2D eigenvalue weighted by molar-refractivity contribution is -0.384. The van der Waals surface area contributed by atoms with Gasteiger partial charge in [-0.25, -0.2) is 4.98 Å². The number of non-ortho nitro benzene ring substituents is 1. The van der Waals surface area contributed by atoms with Crippen molar-refractivity contribution >= 4 is 45.4 Å². The number of methoxy groups -OCH3 is 2. The number of aromatic nitrogens is 2. The van der Waals surface area contributed by atoms with Crippen molar-refractivity contribution < 1.29 is 19.1 Å². The van der Waals surface area contributed by atoms with E-state index >= 15 is 0 Å². The number of fused-ring (bicyclic) bond motifs is 1. The molecule has 0 aliphatic carbocycles. The Bertz CT molecular complexity index is 2000. The van der Waals surface area contributed by atoms with Crippen molar-refractivity contribution in [3.63, 3.8) is 0 Å². The highest BCUT2D eigenvalue weighted by molar-refractivity contribution is 14.1. The summed E-state index contributed by atoms with van der Waals surface area (Å²) in [5, 5.41) is 16.3. The van der Waals surface area contributed by atoms with Crippen LogP contribution in [-0.4, -0.2) is 35.0 Å². The molecule has 0 spiro atoms. The molecule has 0 aliphatic rings. The summed E-state index contributed by atoms with van der Waals surface area (Å²) in [7, 11) is 3.18. The Balaban J connectivity index is 1.56. The zero-order valence-electron chi connectivity index (χ0n) is 25.4. The van der Waals surface area contributed by atoms with E-state index in [0.29, 0.717) is 39.4 Å². The fourth-order valence-electron chi connectivity index (χ4n) is 4.97. The van der Waals surface area contributed by atoms with Gasteiger partial charge in [0, 0.05) is 17.7 Å². The lowest BCUT2D eigenvalue weighted by atomic mass is 9.96. The number of nitro benzene ring substituents is 1. The predicted octanol–water partition coefficient (Wildman–Crippen LogP) is 7.49. The highest BCUT2D eigenvalue weighted by Crippen LogP contribution is 2.36. The number of para-hydroxylation sites is 1. The normalized spacial score (nSPS) is 11.4. The Hall–Kier alpha value is -4.78. The van der Waals surface area contributed by atoms with Gasteiger partial charge in [-0.05, 0) is 94.1 Å². The van der Waals surface area contributed by atoms with E-state index in [1.54, 1.807) is 43.7 Å². The number of aryl methyl sites for hydroxylation is 1. The first-order valence-electron chi connectivity index (χ1n) is 14.1. The third-order valence-electron chi connectivity index (χ3n) is 7.27. The van der Waals surface area contributed by atoms with Crippen molar-refractivity contribution in [3.8, 4) is 28.6 Å². The van der Waals surface area contributed by atoms with Crippen molar-refractivity contribution in [1.29, 1.82) is 0 Å². The van der Waals surface area contributed by atoms with E-state index in [0.717, 1.165) is 26.0 Å². The standard InChI is InChI=1S/C34H31IN4O6/c1-20(2)26-17-27(21(3)13-30(26)43-4)33-37-29-12-7-6-11-25(29)34(40)38(33)36-18-23-15-28(35)32(31(16-23)44-5)45-19-22-9-8-10-24(14-22)39(41)42/h6-18,20H,19H2,1-5H3. The molecule has 230 valence electrons. The Kier molecular flexibility index (Phi) is 9.47. The highest BCUT2D eigenvalue weighted by Gasteiger charge is 2.19. The van der Waals surface area contributed by atoms with Crippen LogP contribution in [0.15, 0.2) is 82.7 Å². The summed E-state index contributed by atoms with van der Waals surface area (Å²) in [4.78, 5) is 29.4. The predicted molar refractivity (Wildman–Crippen MR) is 183 cm³/mol. The molecule has 0 fully saturated rings. The molecule has 0 N–H and O–H groups in total. The van der Waals surface area contributed by atoms with E-state index in [4.69, 9.17) is 19.2 Å². The second kappa shape index (κ2) is 13.5. The van der Waals surface area contributed by atoms with Gasteiger partial charge in [-0.15, -0.1) is 0 Å². The summed E-state index contributed by atoms with van der Waals surface area (Å²) in [6, 6.07) is 21.1. The average Bonchev–Trinajstić information content (AvgIpc) is 3.03. The number of halogens is 1. The Morgan fingerprint density at radius 2 is 1.78 bits per heavy atom. The second-order valence-electron chi connectivity index (χ2n) is 10.6. The average molecular weight is 719 g/mol. The summed E-state index contributed by atoms with van der Waals surface area (Å²) < 4.78 is 19.4. The zero-order chi connectivity index (χ0) is 32.2. The number of rotatable bonds is 10. The van der Waals surface area contributed by atoms with E-state index in [9.17, 15) is 14.9 Å². The van der Waals surface area contributed by atoms with Crippen LogP contribution in [0.25, 0.3) is 22.3 Å². The molecule has 0 amide bonds. The molecule has 0 saturated heterocycles. The largest absolute Gasteiger partial charge is 0.496 e. The first-order chi connectivity index (χ1) is 21.6. The molecule has 5 aromatic rings. The van der Waals surface area contributed by atoms with Gasteiger partial charge in [0.15, 0.2) is 17.3 Å². The highest BCUT2D eigenvalue weighted by atomic mass is 127. The van der Waals surface area contributed by atoms with Gasteiger partial charge in [0.1, 0.15) is 12.4 Å². The summed E-state index contributed by atoms with van der Waals surface area (Å²) in [5.74, 6) is 2.30. The van der Waals surface area contributed by atoms with Crippen molar-refractivity contribution in [3.05, 3.63) is 119 Å². The minimum Gasteiger partial charge on any atom is -0.496 e. The number of benzene rings is 4. The van der Waals surface area contributed by atoms with E-state index in [1.165, 1.54) is 23.9 Å². The molecule has 0 unspecified atom stereocenters. The van der Waals surface area contributed by atoms with Crippen LogP contribution < -0.4 is 19.8 Å².